The molecule has 0 spiro atoms. The number of hydrogen-bond donors (Lipinski definition) is 0. The van der Waals surface area contributed by atoms with Gasteiger partial charge >= 0.3 is 0 Å². The highest BCUT2D eigenvalue weighted by atomic mass is 16.5. The largest absolute Gasteiger partial charge is 0.367 e. The molecule has 1 unspecified atom stereocenters. The predicted octanol–water partition coefficient (Wildman–Crippen LogP) is 2.60. The van der Waals surface area contributed by atoms with Crippen LogP contribution in [0.3, 0.4) is 0 Å². The summed E-state index contributed by atoms with van der Waals surface area (Å²) in [6.45, 7) is 10.6. The zero-order valence-electron chi connectivity index (χ0n) is 12.3. The van der Waals surface area contributed by atoms with Crippen LogP contribution in [0.1, 0.15) is 35.3 Å². The number of nitrogens with zero attached hydrogens (tertiary/aromatic N) is 1. The van der Waals surface area contributed by atoms with Crippen molar-refractivity contribution in [2.24, 2.45) is 0 Å². The molecular weight excluding hydrogens is 238 g/mol. The molecule has 19 heavy (non-hydrogen) atoms. The van der Waals surface area contributed by atoms with Gasteiger partial charge in [-0.25, -0.2) is 0 Å². The Morgan fingerprint density at radius 3 is 2.47 bits per heavy atom. The van der Waals surface area contributed by atoms with Gasteiger partial charge < -0.3 is 4.74 Å². The van der Waals surface area contributed by atoms with Crippen molar-refractivity contribution in [2.45, 2.75) is 39.8 Å². The first-order valence-electron chi connectivity index (χ1n) is 6.95. The first-order chi connectivity index (χ1) is 8.97. The van der Waals surface area contributed by atoms with E-state index in [2.05, 4.69) is 24.8 Å². The molecule has 1 atom stereocenters. The molecule has 1 saturated heterocycles. The van der Waals surface area contributed by atoms with Gasteiger partial charge in [-0.05, 0) is 39.8 Å². The summed E-state index contributed by atoms with van der Waals surface area (Å²) in [5, 5.41) is 0. The Labute approximate surface area is 115 Å². The zero-order chi connectivity index (χ0) is 14.0. The highest BCUT2D eigenvalue weighted by molar-refractivity contribution is 6.00. The normalized spacial score (nSPS) is 20.8. The van der Waals surface area contributed by atoms with E-state index in [1.807, 2.05) is 26.0 Å². The van der Waals surface area contributed by atoms with Gasteiger partial charge in [0.1, 0.15) is 6.10 Å². The number of aryl methyl sites for hydroxylation is 2. The number of ether oxygens (including phenoxy) is 1. The Kier molecular flexibility index (Phi) is 4.38. The maximum Gasteiger partial charge on any atom is 0.192 e. The number of morpholine rings is 1. The molecule has 104 valence electrons. The van der Waals surface area contributed by atoms with Gasteiger partial charge in [-0.2, -0.15) is 0 Å². The molecule has 0 N–H and O–H groups in total. The van der Waals surface area contributed by atoms with E-state index in [1.54, 1.807) is 0 Å². The molecule has 0 aromatic heterocycles. The van der Waals surface area contributed by atoms with Crippen LogP contribution in [0.15, 0.2) is 18.2 Å². The molecule has 1 aromatic carbocycles. The number of ketones is 1. The van der Waals surface area contributed by atoms with Crippen molar-refractivity contribution in [3.8, 4) is 0 Å². The summed E-state index contributed by atoms with van der Waals surface area (Å²) in [4.78, 5) is 14.8. The van der Waals surface area contributed by atoms with Crippen LogP contribution >= 0.6 is 0 Å². The van der Waals surface area contributed by atoms with Crippen molar-refractivity contribution in [1.82, 2.24) is 4.90 Å². The van der Waals surface area contributed by atoms with E-state index >= 15 is 0 Å². The molecule has 0 radical (unpaired) electrons. The molecule has 1 aliphatic heterocycles. The maximum absolute atomic E-state index is 12.5. The lowest BCUT2D eigenvalue weighted by atomic mass is 10.00. The lowest BCUT2D eigenvalue weighted by Gasteiger charge is -2.34. The van der Waals surface area contributed by atoms with Crippen LogP contribution in [-0.2, 0) is 4.74 Å². The molecule has 2 rings (SSSR count). The van der Waals surface area contributed by atoms with Crippen molar-refractivity contribution in [3.05, 3.63) is 34.9 Å². The molecule has 0 bridgehead atoms. The van der Waals surface area contributed by atoms with Crippen LogP contribution in [-0.4, -0.2) is 42.5 Å². The van der Waals surface area contributed by atoms with Crippen molar-refractivity contribution in [2.75, 3.05) is 19.7 Å². The summed E-state index contributed by atoms with van der Waals surface area (Å²) in [6.07, 6.45) is -0.322. The summed E-state index contributed by atoms with van der Waals surface area (Å²) in [7, 11) is 0. The Hall–Kier alpha value is -1.19. The first kappa shape index (κ1) is 14.2. The maximum atomic E-state index is 12.5. The van der Waals surface area contributed by atoms with E-state index < -0.39 is 0 Å². The number of rotatable bonds is 3. The number of hydrogen-bond acceptors (Lipinski definition) is 3. The Morgan fingerprint density at radius 1 is 1.26 bits per heavy atom. The molecule has 0 saturated carbocycles. The van der Waals surface area contributed by atoms with E-state index in [4.69, 9.17) is 4.74 Å². The quantitative estimate of drug-likeness (QED) is 0.783. The second-order valence-electron chi connectivity index (χ2n) is 5.69. The van der Waals surface area contributed by atoms with Crippen molar-refractivity contribution < 1.29 is 9.53 Å². The lowest BCUT2D eigenvalue weighted by molar-refractivity contribution is -0.0256. The zero-order valence-corrected chi connectivity index (χ0v) is 12.3. The van der Waals surface area contributed by atoms with E-state index in [9.17, 15) is 4.79 Å². The Bertz CT molecular complexity index is 448. The average Bonchev–Trinajstić information content (AvgIpc) is 2.37. The van der Waals surface area contributed by atoms with Gasteiger partial charge in [0, 0.05) is 24.7 Å². The van der Waals surface area contributed by atoms with Crippen LogP contribution in [0, 0.1) is 13.8 Å². The molecule has 1 aliphatic rings. The fourth-order valence-electron chi connectivity index (χ4n) is 2.60. The second kappa shape index (κ2) is 5.85. The Balaban J connectivity index is 2.14. The Morgan fingerprint density at radius 2 is 1.89 bits per heavy atom. The fraction of sp³-hybridized carbons (Fsp3) is 0.562. The summed E-state index contributed by atoms with van der Waals surface area (Å²) >= 11 is 0. The van der Waals surface area contributed by atoms with Crippen molar-refractivity contribution >= 4 is 5.78 Å². The molecule has 1 heterocycles. The molecule has 0 aliphatic carbocycles. The smallest absolute Gasteiger partial charge is 0.192 e. The van der Waals surface area contributed by atoms with E-state index in [-0.39, 0.29) is 11.9 Å². The van der Waals surface area contributed by atoms with Crippen molar-refractivity contribution in [3.63, 3.8) is 0 Å². The van der Waals surface area contributed by atoms with Gasteiger partial charge in [0.2, 0.25) is 0 Å². The standard InChI is InChI=1S/C16H23NO2/c1-11(2)17-5-6-19-15(10-17)16(18)14-8-12(3)7-13(4)9-14/h7-9,11,15H,5-6,10H2,1-4H3. The third-order valence-corrected chi connectivity index (χ3v) is 3.63. The molecule has 3 nitrogen and oxygen atoms in total. The summed E-state index contributed by atoms with van der Waals surface area (Å²) in [6, 6.07) is 6.44. The monoisotopic (exact) mass is 261 g/mol. The van der Waals surface area contributed by atoms with Crippen molar-refractivity contribution in [1.29, 1.82) is 0 Å². The summed E-state index contributed by atoms with van der Waals surface area (Å²) < 4.78 is 5.66. The number of benzene rings is 1. The van der Waals surface area contributed by atoms with Crippen LogP contribution in [0.5, 0.6) is 0 Å². The summed E-state index contributed by atoms with van der Waals surface area (Å²) in [5.74, 6) is 0.108. The van der Waals surface area contributed by atoms with Gasteiger partial charge in [-0.3, -0.25) is 9.69 Å². The topological polar surface area (TPSA) is 29.5 Å². The average molecular weight is 261 g/mol. The minimum Gasteiger partial charge on any atom is -0.367 e. The van der Waals surface area contributed by atoms with E-state index in [0.29, 0.717) is 19.2 Å². The highest BCUT2D eigenvalue weighted by Crippen LogP contribution is 2.16. The van der Waals surface area contributed by atoms with Gasteiger partial charge in [0.25, 0.3) is 0 Å². The molecule has 1 aromatic rings. The van der Waals surface area contributed by atoms with Gasteiger partial charge in [-0.1, -0.05) is 17.2 Å². The van der Waals surface area contributed by atoms with Gasteiger partial charge in [-0.15, -0.1) is 0 Å². The molecule has 0 amide bonds. The number of Topliss-reactive ketones (excluding diaryl/α,β-unsaturated/α-hetero) is 1. The van der Waals surface area contributed by atoms with E-state index in [0.717, 1.165) is 23.2 Å². The summed E-state index contributed by atoms with van der Waals surface area (Å²) in [5.41, 5.74) is 3.02. The SMILES string of the molecule is Cc1cc(C)cc(C(=O)C2CN(C(C)C)CCO2)c1. The fourth-order valence-corrected chi connectivity index (χ4v) is 2.60. The van der Waals surface area contributed by atoms with Crippen LogP contribution < -0.4 is 0 Å². The minimum atomic E-state index is -0.322. The second-order valence-corrected chi connectivity index (χ2v) is 5.69. The lowest BCUT2D eigenvalue weighted by Crippen LogP contribution is -2.48. The number of carbonyl (C=O) groups excluding carboxylic acids is 1. The third kappa shape index (κ3) is 3.43. The first-order valence-corrected chi connectivity index (χ1v) is 6.95. The van der Waals surface area contributed by atoms with Crippen LogP contribution in [0.2, 0.25) is 0 Å². The molecule has 3 heteroatoms. The van der Waals surface area contributed by atoms with E-state index in [1.165, 1.54) is 0 Å². The van der Waals surface area contributed by atoms with Crippen LogP contribution in [0.25, 0.3) is 0 Å². The van der Waals surface area contributed by atoms with Gasteiger partial charge in [0.15, 0.2) is 5.78 Å². The predicted molar refractivity (Wildman–Crippen MR) is 76.7 cm³/mol. The highest BCUT2D eigenvalue weighted by Gasteiger charge is 2.28. The van der Waals surface area contributed by atoms with Gasteiger partial charge in [0.05, 0.1) is 6.61 Å². The number of carbonyl (C=O) groups is 1. The molecule has 1 fully saturated rings. The molecular formula is C16H23NO2. The van der Waals surface area contributed by atoms with Crippen LogP contribution in [0.4, 0.5) is 0 Å². The third-order valence-electron chi connectivity index (χ3n) is 3.63. The minimum absolute atomic E-state index is 0.108.